The third-order valence-corrected chi connectivity index (χ3v) is 6.99. The molecule has 1 heterocycles. The summed E-state index contributed by atoms with van der Waals surface area (Å²) in [5, 5.41) is 14.9. The second-order valence-corrected chi connectivity index (χ2v) is 10.6. The van der Waals surface area contributed by atoms with Crippen LogP contribution in [-0.4, -0.2) is 48.5 Å². The predicted octanol–water partition coefficient (Wildman–Crippen LogP) is 4.97. The van der Waals surface area contributed by atoms with Gasteiger partial charge in [-0.2, -0.15) is 5.26 Å². The van der Waals surface area contributed by atoms with Crippen molar-refractivity contribution in [1.82, 2.24) is 15.6 Å². The van der Waals surface area contributed by atoms with Gasteiger partial charge in [0.15, 0.2) is 0 Å². The minimum absolute atomic E-state index is 0.0170. The summed E-state index contributed by atoms with van der Waals surface area (Å²) in [7, 11) is 1.18. The SMILES string of the molecule is COC(=O)C(=Cc1ccc(C#N)cc1OC[C@@H](CCC(=O)OCc1ccccc1)NC(=O)c1cccc(-c2cccnc2)c1)NC(C)=O. The molecule has 2 amide bonds. The van der Waals surface area contributed by atoms with Crippen molar-refractivity contribution in [3.05, 3.63) is 125 Å². The Morgan fingerprint density at radius 3 is 2.46 bits per heavy atom. The van der Waals surface area contributed by atoms with E-state index in [0.717, 1.165) is 16.7 Å². The number of nitrogens with one attached hydrogen (secondary N) is 2. The lowest BCUT2D eigenvalue weighted by atomic mass is 10.0. The van der Waals surface area contributed by atoms with Gasteiger partial charge in [-0.25, -0.2) is 4.79 Å². The van der Waals surface area contributed by atoms with Crippen LogP contribution in [0.3, 0.4) is 0 Å². The lowest BCUT2D eigenvalue weighted by Gasteiger charge is -2.20. The minimum Gasteiger partial charge on any atom is -0.491 e. The molecule has 4 rings (SSSR count). The number of ether oxygens (including phenoxy) is 3. The lowest BCUT2D eigenvalue weighted by Crippen LogP contribution is -2.39. The fourth-order valence-electron chi connectivity index (χ4n) is 4.58. The molecule has 4 aromatic rings. The van der Waals surface area contributed by atoms with Gasteiger partial charge in [-0.15, -0.1) is 0 Å². The Morgan fingerprint density at radius 2 is 1.75 bits per heavy atom. The Bertz CT molecular complexity index is 1820. The van der Waals surface area contributed by atoms with Crippen molar-refractivity contribution in [1.29, 1.82) is 5.26 Å². The summed E-state index contributed by atoms with van der Waals surface area (Å²) >= 11 is 0. The van der Waals surface area contributed by atoms with Crippen LogP contribution < -0.4 is 15.4 Å². The summed E-state index contributed by atoms with van der Waals surface area (Å²) in [6.45, 7) is 1.25. The van der Waals surface area contributed by atoms with Crippen LogP contribution in [0.25, 0.3) is 17.2 Å². The number of nitrogens with zero attached hydrogens (tertiary/aromatic N) is 2. The average molecular weight is 647 g/mol. The second kappa shape index (κ2) is 17.4. The average Bonchev–Trinajstić information content (AvgIpc) is 3.12. The number of methoxy groups -OCH3 is 1. The first kappa shape index (κ1) is 34.6. The van der Waals surface area contributed by atoms with Crippen molar-refractivity contribution in [2.45, 2.75) is 32.4 Å². The first-order chi connectivity index (χ1) is 23.2. The molecule has 0 saturated heterocycles. The van der Waals surface area contributed by atoms with E-state index >= 15 is 0 Å². The van der Waals surface area contributed by atoms with Gasteiger partial charge in [-0.05, 0) is 60.0 Å². The Morgan fingerprint density at radius 1 is 0.958 bits per heavy atom. The standard InChI is InChI=1S/C37H34N4O7/c1-25(42)40-33(37(45)46-2)20-29-14-13-27(21-38)18-34(29)47-24-32(15-16-35(43)48-23-26-8-4-3-5-9-26)41-36(44)30-11-6-10-28(19-30)31-12-7-17-39-22-31/h3-14,17-20,22,32H,15-16,23-24H2,1-2H3,(H,40,42)(H,41,44)/t32-/m1/s1. The van der Waals surface area contributed by atoms with Gasteiger partial charge in [0.1, 0.15) is 24.7 Å². The van der Waals surface area contributed by atoms with Crippen molar-refractivity contribution in [3.63, 3.8) is 0 Å². The van der Waals surface area contributed by atoms with Gasteiger partial charge in [0.05, 0.1) is 24.8 Å². The fourth-order valence-corrected chi connectivity index (χ4v) is 4.58. The monoisotopic (exact) mass is 646 g/mol. The summed E-state index contributed by atoms with van der Waals surface area (Å²) in [6.07, 6.45) is 4.88. The molecule has 1 atom stereocenters. The third kappa shape index (κ3) is 10.4. The highest BCUT2D eigenvalue weighted by atomic mass is 16.5. The van der Waals surface area contributed by atoms with Gasteiger partial charge in [-0.1, -0.05) is 48.5 Å². The van der Waals surface area contributed by atoms with Crippen LogP contribution in [0.4, 0.5) is 0 Å². The Hall–Kier alpha value is -6.28. The van der Waals surface area contributed by atoms with Gasteiger partial charge in [0, 0.05) is 42.4 Å². The molecule has 2 N–H and O–H groups in total. The second-order valence-electron chi connectivity index (χ2n) is 10.6. The van der Waals surface area contributed by atoms with Crippen LogP contribution in [0, 0.1) is 11.3 Å². The molecule has 0 bridgehead atoms. The number of benzene rings is 3. The Labute approximate surface area is 278 Å². The number of hydrogen-bond acceptors (Lipinski definition) is 9. The molecule has 3 aromatic carbocycles. The van der Waals surface area contributed by atoms with Crippen molar-refractivity contribution < 1.29 is 33.4 Å². The van der Waals surface area contributed by atoms with E-state index in [1.165, 1.54) is 32.2 Å². The van der Waals surface area contributed by atoms with Crippen molar-refractivity contribution in [2.24, 2.45) is 0 Å². The van der Waals surface area contributed by atoms with Crippen LogP contribution in [0.5, 0.6) is 5.75 Å². The maximum Gasteiger partial charge on any atom is 0.354 e. The number of carbonyl (C=O) groups excluding carboxylic acids is 4. The summed E-state index contributed by atoms with van der Waals surface area (Å²) in [5.74, 6) is -1.92. The number of aromatic nitrogens is 1. The summed E-state index contributed by atoms with van der Waals surface area (Å²) in [5.41, 5.74) is 3.38. The van der Waals surface area contributed by atoms with E-state index in [2.05, 4.69) is 15.6 Å². The zero-order chi connectivity index (χ0) is 34.3. The Kier molecular flexibility index (Phi) is 12.6. The van der Waals surface area contributed by atoms with Gasteiger partial charge in [-0.3, -0.25) is 19.4 Å². The minimum atomic E-state index is -0.784. The number of pyridine rings is 1. The highest BCUT2D eigenvalue weighted by Gasteiger charge is 2.19. The number of hydrogen-bond donors (Lipinski definition) is 2. The maximum absolute atomic E-state index is 13.5. The van der Waals surface area contributed by atoms with E-state index in [1.54, 1.807) is 42.7 Å². The number of rotatable bonds is 14. The molecule has 0 unspecified atom stereocenters. The molecule has 0 aliphatic heterocycles. The Balaban J connectivity index is 1.55. The molecule has 11 nitrogen and oxygen atoms in total. The van der Waals surface area contributed by atoms with E-state index in [1.807, 2.05) is 48.5 Å². The van der Waals surface area contributed by atoms with Crippen molar-refractivity contribution >= 4 is 29.8 Å². The number of nitriles is 1. The van der Waals surface area contributed by atoms with Crippen LogP contribution in [0.15, 0.2) is 103 Å². The summed E-state index contributed by atoms with van der Waals surface area (Å²) < 4.78 is 16.3. The highest BCUT2D eigenvalue weighted by Crippen LogP contribution is 2.24. The molecule has 244 valence electrons. The van der Waals surface area contributed by atoms with Crippen LogP contribution >= 0.6 is 0 Å². The zero-order valence-corrected chi connectivity index (χ0v) is 26.5. The summed E-state index contributed by atoms with van der Waals surface area (Å²) in [6, 6.07) is 25.9. The largest absolute Gasteiger partial charge is 0.491 e. The van der Waals surface area contributed by atoms with Crippen LogP contribution in [0.1, 0.15) is 46.8 Å². The lowest BCUT2D eigenvalue weighted by molar-refractivity contribution is -0.145. The first-order valence-corrected chi connectivity index (χ1v) is 15.0. The van der Waals surface area contributed by atoms with Crippen LogP contribution in [0.2, 0.25) is 0 Å². The normalized spacial score (nSPS) is 11.4. The molecule has 0 radical (unpaired) electrons. The molecule has 1 aromatic heterocycles. The van der Waals surface area contributed by atoms with E-state index < -0.39 is 29.8 Å². The smallest absolute Gasteiger partial charge is 0.354 e. The molecule has 0 saturated carbocycles. The van der Waals surface area contributed by atoms with E-state index in [0.29, 0.717) is 11.1 Å². The highest BCUT2D eigenvalue weighted by molar-refractivity contribution is 5.98. The number of esters is 2. The molecule has 11 heteroatoms. The third-order valence-electron chi connectivity index (χ3n) is 6.99. The fraction of sp³-hybridized carbons (Fsp3) is 0.189. The van der Waals surface area contributed by atoms with Gasteiger partial charge in [0.25, 0.3) is 5.91 Å². The summed E-state index contributed by atoms with van der Waals surface area (Å²) in [4.78, 5) is 54.4. The van der Waals surface area contributed by atoms with Gasteiger partial charge < -0.3 is 24.8 Å². The molecular weight excluding hydrogens is 612 g/mol. The predicted molar refractivity (Wildman–Crippen MR) is 177 cm³/mol. The molecule has 0 spiro atoms. The van der Waals surface area contributed by atoms with Crippen molar-refractivity contribution in [3.8, 4) is 22.9 Å². The molecule has 0 aliphatic carbocycles. The quantitative estimate of drug-likeness (QED) is 0.143. The van der Waals surface area contributed by atoms with E-state index in [4.69, 9.17) is 14.2 Å². The zero-order valence-electron chi connectivity index (χ0n) is 26.5. The number of amides is 2. The van der Waals surface area contributed by atoms with Gasteiger partial charge >= 0.3 is 11.9 Å². The maximum atomic E-state index is 13.5. The molecule has 0 fully saturated rings. The first-order valence-electron chi connectivity index (χ1n) is 15.0. The van der Waals surface area contributed by atoms with Crippen molar-refractivity contribution in [2.75, 3.05) is 13.7 Å². The van der Waals surface area contributed by atoms with Gasteiger partial charge in [0.2, 0.25) is 5.91 Å². The topological polar surface area (TPSA) is 157 Å². The number of carbonyl (C=O) groups is 4. The molecule has 48 heavy (non-hydrogen) atoms. The van der Waals surface area contributed by atoms with Crippen LogP contribution in [-0.2, 0) is 30.5 Å². The molecular formula is C37H34N4O7. The van der Waals surface area contributed by atoms with E-state index in [-0.39, 0.29) is 43.1 Å². The van der Waals surface area contributed by atoms with E-state index in [9.17, 15) is 24.4 Å². The molecule has 0 aliphatic rings.